The predicted octanol–water partition coefficient (Wildman–Crippen LogP) is 2.32. The number of hydrogen-bond donors (Lipinski definition) is 0. The van der Waals surface area contributed by atoms with Crippen molar-refractivity contribution in [1.29, 1.82) is 0 Å². The van der Waals surface area contributed by atoms with Gasteiger partial charge in [-0.3, -0.25) is 9.59 Å². The van der Waals surface area contributed by atoms with Gasteiger partial charge in [-0.05, 0) is 32.9 Å². The molecule has 0 aliphatic heterocycles. The van der Waals surface area contributed by atoms with Gasteiger partial charge in [0.1, 0.15) is 0 Å². The van der Waals surface area contributed by atoms with E-state index in [1.807, 2.05) is 31.3 Å². The Bertz CT molecular complexity index is 453. The smallest absolute Gasteiger partial charge is 0.306 e. The van der Waals surface area contributed by atoms with Crippen LogP contribution in [0.5, 0.6) is 0 Å². The summed E-state index contributed by atoms with van der Waals surface area (Å²) in [6, 6.07) is 8.02. The molecule has 0 saturated heterocycles. The SMILES string of the molecule is COC(=O)CCN(C)[C@H](C)Cc1ccc(C(C)=O)cc1. The van der Waals surface area contributed by atoms with Crippen molar-refractivity contribution in [2.24, 2.45) is 0 Å². The summed E-state index contributed by atoms with van der Waals surface area (Å²) in [5, 5.41) is 0. The summed E-state index contributed by atoms with van der Waals surface area (Å²) in [7, 11) is 3.40. The molecular weight excluding hydrogens is 254 g/mol. The molecule has 20 heavy (non-hydrogen) atoms. The highest BCUT2D eigenvalue weighted by atomic mass is 16.5. The number of benzene rings is 1. The van der Waals surface area contributed by atoms with E-state index < -0.39 is 0 Å². The molecule has 0 amide bonds. The first kappa shape index (κ1) is 16.4. The largest absolute Gasteiger partial charge is 0.469 e. The van der Waals surface area contributed by atoms with E-state index in [-0.39, 0.29) is 11.8 Å². The number of ether oxygens (including phenoxy) is 1. The molecule has 1 rings (SSSR count). The van der Waals surface area contributed by atoms with Crippen molar-refractivity contribution in [3.8, 4) is 0 Å². The van der Waals surface area contributed by atoms with Gasteiger partial charge in [0.15, 0.2) is 5.78 Å². The van der Waals surface area contributed by atoms with E-state index in [2.05, 4.69) is 16.6 Å². The quantitative estimate of drug-likeness (QED) is 0.567. The van der Waals surface area contributed by atoms with Crippen LogP contribution in [0.25, 0.3) is 0 Å². The second kappa shape index (κ2) is 7.80. The van der Waals surface area contributed by atoms with E-state index in [1.165, 1.54) is 12.7 Å². The Morgan fingerprint density at radius 3 is 2.35 bits per heavy atom. The van der Waals surface area contributed by atoms with Crippen LogP contribution in [0.3, 0.4) is 0 Å². The van der Waals surface area contributed by atoms with Gasteiger partial charge in [0.05, 0.1) is 13.5 Å². The lowest BCUT2D eigenvalue weighted by molar-refractivity contribution is -0.141. The highest BCUT2D eigenvalue weighted by molar-refractivity contribution is 5.93. The van der Waals surface area contributed by atoms with Gasteiger partial charge >= 0.3 is 5.97 Å². The zero-order valence-corrected chi connectivity index (χ0v) is 12.7. The van der Waals surface area contributed by atoms with Crippen LogP contribution < -0.4 is 0 Å². The number of likely N-dealkylation sites (N-methyl/N-ethyl adjacent to an activating group) is 1. The number of Topliss-reactive ketones (excluding diaryl/α,β-unsaturated/α-hetero) is 1. The molecule has 1 aromatic carbocycles. The molecule has 0 heterocycles. The number of esters is 1. The minimum Gasteiger partial charge on any atom is -0.469 e. The standard InChI is InChI=1S/C16H23NO3/c1-12(17(3)10-9-16(19)20-4)11-14-5-7-15(8-6-14)13(2)18/h5-8,12H,9-11H2,1-4H3/t12-/m1/s1. The molecule has 110 valence electrons. The fraction of sp³-hybridized carbons (Fsp3) is 0.500. The molecule has 0 spiro atoms. The number of ketones is 1. The molecule has 0 radical (unpaired) electrons. The van der Waals surface area contributed by atoms with Crippen molar-refractivity contribution in [2.75, 3.05) is 20.7 Å². The predicted molar refractivity (Wildman–Crippen MR) is 78.9 cm³/mol. The molecule has 4 nitrogen and oxygen atoms in total. The third-order valence-corrected chi connectivity index (χ3v) is 3.54. The first-order chi connectivity index (χ1) is 9.43. The average molecular weight is 277 g/mol. The van der Waals surface area contributed by atoms with Crippen LogP contribution in [0.4, 0.5) is 0 Å². The molecule has 0 unspecified atom stereocenters. The van der Waals surface area contributed by atoms with Gasteiger partial charge in [-0.1, -0.05) is 24.3 Å². The number of carbonyl (C=O) groups is 2. The minimum atomic E-state index is -0.185. The van der Waals surface area contributed by atoms with Gasteiger partial charge in [0.25, 0.3) is 0 Å². The summed E-state index contributed by atoms with van der Waals surface area (Å²) in [5.41, 5.74) is 1.92. The number of methoxy groups -OCH3 is 1. The Hall–Kier alpha value is -1.68. The van der Waals surface area contributed by atoms with Crippen LogP contribution in [0.15, 0.2) is 24.3 Å². The van der Waals surface area contributed by atoms with Crippen LogP contribution in [-0.4, -0.2) is 43.4 Å². The molecule has 0 saturated carbocycles. The highest BCUT2D eigenvalue weighted by Gasteiger charge is 2.12. The van der Waals surface area contributed by atoms with E-state index in [1.54, 1.807) is 6.92 Å². The number of nitrogens with zero attached hydrogens (tertiary/aromatic N) is 1. The third kappa shape index (κ3) is 5.13. The summed E-state index contributed by atoms with van der Waals surface area (Å²) >= 11 is 0. The first-order valence-electron chi connectivity index (χ1n) is 6.81. The second-order valence-electron chi connectivity index (χ2n) is 5.11. The van der Waals surface area contributed by atoms with Gasteiger partial charge in [0, 0.05) is 18.2 Å². The molecule has 0 N–H and O–H groups in total. The van der Waals surface area contributed by atoms with Gasteiger partial charge in [-0.2, -0.15) is 0 Å². The van der Waals surface area contributed by atoms with Gasteiger partial charge in [0.2, 0.25) is 0 Å². The lowest BCUT2D eigenvalue weighted by Gasteiger charge is -2.24. The third-order valence-electron chi connectivity index (χ3n) is 3.54. The summed E-state index contributed by atoms with van der Waals surface area (Å²) in [4.78, 5) is 24.5. The van der Waals surface area contributed by atoms with Crippen molar-refractivity contribution >= 4 is 11.8 Å². The molecule has 0 bridgehead atoms. The maximum atomic E-state index is 11.2. The molecule has 0 fully saturated rings. The number of hydrogen-bond acceptors (Lipinski definition) is 4. The van der Waals surface area contributed by atoms with Crippen LogP contribution in [-0.2, 0) is 16.0 Å². The molecule has 0 aliphatic rings. The summed E-state index contributed by atoms with van der Waals surface area (Å²) in [6.07, 6.45) is 1.29. The first-order valence-corrected chi connectivity index (χ1v) is 6.81. The topological polar surface area (TPSA) is 46.6 Å². The Kier molecular flexibility index (Phi) is 6.39. The van der Waals surface area contributed by atoms with Crippen molar-refractivity contribution in [2.45, 2.75) is 32.7 Å². The van der Waals surface area contributed by atoms with Crippen LogP contribution in [0.1, 0.15) is 36.2 Å². The van der Waals surface area contributed by atoms with Crippen LogP contribution >= 0.6 is 0 Å². The number of rotatable bonds is 7. The van der Waals surface area contributed by atoms with Crippen molar-refractivity contribution in [3.05, 3.63) is 35.4 Å². The monoisotopic (exact) mass is 277 g/mol. The van der Waals surface area contributed by atoms with Crippen molar-refractivity contribution < 1.29 is 14.3 Å². The summed E-state index contributed by atoms with van der Waals surface area (Å²) in [6.45, 7) is 4.37. The molecule has 0 aliphatic carbocycles. The Balaban J connectivity index is 2.50. The fourth-order valence-electron chi connectivity index (χ4n) is 1.96. The van der Waals surface area contributed by atoms with Gasteiger partial charge in [-0.25, -0.2) is 0 Å². The normalized spacial score (nSPS) is 12.2. The summed E-state index contributed by atoms with van der Waals surface area (Å²) in [5.74, 6) is -0.102. The van der Waals surface area contributed by atoms with E-state index in [0.717, 1.165) is 12.0 Å². The Morgan fingerprint density at radius 1 is 1.25 bits per heavy atom. The molecular formula is C16H23NO3. The molecule has 1 aromatic rings. The second-order valence-corrected chi connectivity index (χ2v) is 5.11. The highest BCUT2D eigenvalue weighted by Crippen LogP contribution is 2.10. The fourth-order valence-corrected chi connectivity index (χ4v) is 1.96. The van der Waals surface area contributed by atoms with E-state index in [4.69, 9.17) is 0 Å². The maximum absolute atomic E-state index is 11.2. The lowest BCUT2D eigenvalue weighted by Crippen LogP contribution is -2.32. The van der Waals surface area contributed by atoms with E-state index in [0.29, 0.717) is 19.0 Å². The van der Waals surface area contributed by atoms with E-state index in [9.17, 15) is 9.59 Å². The average Bonchev–Trinajstić information content (AvgIpc) is 2.44. The lowest BCUT2D eigenvalue weighted by atomic mass is 10.0. The van der Waals surface area contributed by atoms with E-state index >= 15 is 0 Å². The molecule has 4 heteroatoms. The molecule has 1 atom stereocenters. The van der Waals surface area contributed by atoms with Gasteiger partial charge in [-0.15, -0.1) is 0 Å². The van der Waals surface area contributed by atoms with Crippen molar-refractivity contribution in [3.63, 3.8) is 0 Å². The number of carbonyl (C=O) groups excluding carboxylic acids is 2. The zero-order chi connectivity index (χ0) is 15.1. The Labute approximate surface area is 120 Å². The summed E-state index contributed by atoms with van der Waals surface area (Å²) < 4.78 is 4.64. The van der Waals surface area contributed by atoms with Crippen molar-refractivity contribution in [1.82, 2.24) is 4.90 Å². The van der Waals surface area contributed by atoms with Gasteiger partial charge < -0.3 is 9.64 Å². The Morgan fingerprint density at radius 2 is 1.85 bits per heavy atom. The minimum absolute atomic E-state index is 0.0831. The zero-order valence-electron chi connectivity index (χ0n) is 12.7. The van der Waals surface area contributed by atoms with Crippen LogP contribution in [0, 0.1) is 0 Å². The maximum Gasteiger partial charge on any atom is 0.306 e. The van der Waals surface area contributed by atoms with Crippen LogP contribution in [0.2, 0.25) is 0 Å². The molecule has 0 aromatic heterocycles.